The molecule has 0 spiro atoms. The molecule has 1 saturated heterocycles. The zero-order valence-electron chi connectivity index (χ0n) is 19.3. The minimum absolute atomic E-state index is 0.279. The van der Waals surface area contributed by atoms with Crippen molar-refractivity contribution < 1.29 is 10.0 Å². The standard InChI is InChI=1S/C24H26N8O3/c1-17(15-18-9-8-12-20(21(18)33)32(34)35)16-25-30-23-27-22(26-19-10-4-2-5-11-19)28-24(29-23)31-13-6-3-7-14-31/h2,4-5,8-12,15-16,33H,3,6-7,13-14H2,1H3,(H2,26,27,28,29,30). The number of aromatic hydroxyl groups is 1. The predicted octanol–water partition coefficient (Wildman–Crippen LogP) is 4.72. The minimum atomic E-state index is -0.626. The first kappa shape index (κ1) is 23.6. The summed E-state index contributed by atoms with van der Waals surface area (Å²) < 4.78 is 0. The number of phenolic OH excluding ortho intramolecular Hbond substituents is 1. The molecule has 35 heavy (non-hydrogen) atoms. The van der Waals surface area contributed by atoms with Crippen molar-refractivity contribution in [2.75, 3.05) is 28.7 Å². The van der Waals surface area contributed by atoms with E-state index < -0.39 is 10.7 Å². The fraction of sp³-hybridized carbons (Fsp3) is 0.250. The maximum absolute atomic E-state index is 11.0. The van der Waals surface area contributed by atoms with Crippen molar-refractivity contribution in [3.05, 3.63) is 69.8 Å². The minimum Gasteiger partial charge on any atom is -0.502 e. The quantitative estimate of drug-likeness (QED) is 0.240. The number of benzene rings is 2. The molecule has 0 unspecified atom stereocenters. The second-order valence-electron chi connectivity index (χ2n) is 8.05. The van der Waals surface area contributed by atoms with Gasteiger partial charge in [-0.3, -0.25) is 10.1 Å². The lowest BCUT2D eigenvalue weighted by Crippen LogP contribution is -2.31. The van der Waals surface area contributed by atoms with Crippen molar-refractivity contribution >= 4 is 41.5 Å². The summed E-state index contributed by atoms with van der Waals surface area (Å²) in [5, 5.41) is 28.6. The van der Waals surface area contributed by atoms with Crippen molar-refractivity contribution in [1.29, 1.82) is 0 Å². The van der Waals surface area contributed by atoms with Crippen LogP contribution in [-0.2, 0) is 0 Å². The van der Waals surface area contributed by atoms with Crippen molar-refractivity contribution in [3.63, 3.8) is 0 Å². The molecule has 0 bridgehead atoms. The molecule has 1 aliphatic rings. The molecule has 11 nitrogen and oxygen atoms in total. The number of nitro groups is 1. The van der Waals surface area contributed by atoms with Crippen LogP contribution in [0.3, 0.4) is 0 Å². The van der Waals surface area contributed by atoms with E-state index in [1.165, 1.54) is 24.8 Å². The average molecular weight is 475 g/mol. The molecule has 3 N–H and O–H groups in total. The molecule has 4 rings (SSSR count). The summed E-state index contributed by atoms with van der Waals surface area (Å²) in [6.07, 6.45) is 6.48. The first-order valence-electron chi connectivity index (χ1n) is 11.3. The van der Waals surface area contributed by atoms with Crippen LogP contribution in [0.4, 0.5) is 29.2 Å². The van der Waals surface area contributed by atoms with Gasteiger partial charge in [0, 0.05) is 30.4 Å². The second kappa shape index (κ2) is 11.1. The molecule has 0 aliphatic carbocycles. The van der Waals surface area contributed by atoms with Gasteiger partial charge in [0.05, 0.1) is 11.1 Å². The number of nitrogens with one attached hydrogen (secondary N) is 2. The topological polar surface area (TPSA) is 142 Å². The predicted molar refractivity (Wildman–Crippen MR) is 136 cm³/mol. The van der Waals surface area contributed by atoms with E-state index in [9.17, 15) is 15.2 Å². The van der Waals surface area contributed by atoms with Gasteiger partial charge in [0.25, 0.3) is 0 Å². The molecule has 180 valence electrons. The molecule has 0 atom stereocenters. The van der Waals surface area contributed by atoms with Crippen LogP contribution in [0.15, 0.2) is 59.2 Å². The van der Waals surface area contributed by atoms with Crippen LogP contribution in [-0.4, -0.2) is 44.3 Å². The number of hydrazone groups is 1. The number of rotatable bonds is 8. The Labute approximate surface area is 202 Å². The van der Waals surface area contributed by atoms with Gasteiger partial charge in [-0.15, -0.1) is 0 Å². The molecule has 2 aromatic carbocycles. The van der Waals surface area contributed by atoms with Crippen molar-refractivity contribution in [1.82, 2.24) is 15.0 Å². The summed E-state index contributed by atoms with van der Waals surface area (Å²) in [4.78, 5) is 26.1. The highest BCUT2D eigenvalue weighted by atomic mass is 16.6. The number of hydrogen-bond acceptors (Lipinski definition) is 10. The van der Waals surface area contributed by atoms with Gasteiger partial charge in [0.15, 0.2) is 0 Å². The molecule has 3 aromatic rings. The Balaban J connectivity index is 1.53. The van der Waals surface area contributed by atoms with Crippen LogP contribution < -0.4 is 15.6 Å². The Hall–Kier alpha value is -4.54. The molecule has 0 radical (unpaired) electrons. The average Bonchev–Trinajstić information content (AvgIpc) is 2.86. The zero-order chi connectivity index (χ0) is 24.6. The number of hydrogen-bond donors (Lipinski definition) is 3. The Morgan fingerprint density at radius 2 is 1.80 bits per heavy atom. The van der Waals surface area contributed by atoms with Gasteiger partial charge in [-0.2, -0.15) is 20.1 Å². The number of phenols is 1. The lowest BCUT2D eigenvalue weighted by Gasteiger charge is -2.26. The third-order valence-corrected chi connectivity index (χ3v) is 5.35. The number of aromatic nitrogens is 3. The highest BCUT2D eigenvalue weighted by molar-refractivity contribution is 5.86. The summed E-state index contributed by atoms with van der Waals surface area (Å²) in [5.41, 5.74) is 4.32. The monoisotopic (exact) mass is 474 g/mol. The Kier molecular flexibility index (Phi) is 7.46. The van der Waals surface area contributed by atoms with Crippen molar-refractivity contribution in [2.24, 2.45) is 5.10 Å². The number of piperidine rings is 1. The van der Waals surface area contributed by atoms with Gasteiger partial charge >= 0.3 is 5.69 Å². The molecule has 11 heteroatoms. The number of nitro benzene ring substituents is 1. The molecule has 1 aliphatic heterocycles. The Morgan fingerprint density at radius 3 is 2.54 bits per heavy atom. The van der Waals surface area contributed by atoms with E-state index in [2.05, 4.69) is 35.7 Å². The highest BCUT2D eigenvalue weighted by Crippen LogP contribution is 2.30. The SMILES string of the molecule is CC(C=NNc1nc(Nc2ccccc2)nc(N2CCCCC2)n1)=Cc1cccc([N+](=O)[O-])c1O. The fourth-order valence-electron chi connectivity index (χ4n) is 3.64. The molecule has 0 amide bonds. The third kappa shape index (κ3) is 6.28. The lowest BCUT2D eigenvalue weighted by atomic mass is 10.1. The summed E-state index contributed by atoms with van der Waals surface area (Å²) in [6, 6.07) is 14.0. The van der Waals surface area contributed by atoms with E-state index >= 15 is 0 Å². The highest BCUT2D eigenvalue weighted by Gasteiger charge is 2.17. The smallest absolute Gasteiger partial charge is 0.311 e. The summed E-state index contributed by atoms with van der Waals surface area (Å²) in [6.45, 7) is 3.52. The van der Waals surface area contributed by atoms with Crippen molar-refractivity contribution in [3.8, 4) is 5.75 Å². The maximum atomic E-state index is 11.0. The summed E-state index contributed by atoms with van der Waals surface area (Å²) >= 11 is 0. The van der Waals surface area contributed by atoms with E-state index in [0.29, 0.717) is 23.0 Å². The van der Waals surface area contributed by atoms with E-state index in [1.807, 2.05) is 30.3 Å². The molecule has 1 aromatic heterocycles. The van der Waals surface area contributed by atoms with Gasteiger partial charge in [-0.25, -0.2) is 5.43 Å². The largest absolute Gasteiger partial charge is 0.502 e. The fourth-order valence-corrected chi connectivity index (χ4v) is 3.64. The van der Waals surface area contributed by atoms with Crippen LogP contribution in [0.1, 0.15) is 31.7 Å². The zero-order valence-corrected chi connectivity index (χ0v) is 19.3. The summed E-state index contributed by atoms with van der Waals surface area (Å²) in [5.74, 6) is 0.864. The van der Waals surface area contributed by atoms with Crippen LogP contribution >= 0.6 is 0 Å². The molecular weight excluding hydrogens is 448 g/mol. The van der Waals surface area contributed by atoms with E-state index in [0.717, 1.165) is 31.6 Å². The molecule has 2 heterocycles. The maximum Gasteiger partial charge on any atom is 0.311 e. The molecular formula is C24H26N8O3. The Morgan fingerprint density at radius 1 is 1.06 bits per heavy atom. The third-order valence-electron chi connectivity index (χ3n) is 5.35. The van der Waals surface area contributed by atoms with Crippen molar-refractivity contribution in [2.45, 2.75) is 26.2 Å². The van der Waals surface area contributed by atoms with Gasteiger partial charge in [0.1, 0.15) is 0 Å². The summed E-state index contributed by atoms with van der Waals surface area (Å²) in [7, 11) is 0. The molecule has 0 saturated carbocycles. The van der Waals surface area contributed by atoms with Crippen LogP contribution in [0, 0.1) is 10.1 Å². The normalized spacial score (nSPS) is 14.2. The first-order valence-corrected chi connectivity index (χ1v) is 11.3. The number of para-hydroxylation sites is 2. The number of allylic oxidation sites excluding steroid dienone is 1. The van der Waals surface area contributed by atoms with Crippen LogP contribution in [0.2, 0.25) is 0 Å². The van der Waals surface area contributed by atoms with Gasteiger partial charge in [0.2, 0.25) is 23.6 Å². The van der Waals surface area contributed by atoms with Crippen LogP contribution in [0.25, 0.3) is 6.08 Å². The lowest BCUT2D eigenvalue weighted by molar-refractivity contribution is -0.385. The van der Waals surface area contributed by atoms with Gasteiger partial charge < -0.3 is 15.3 Å². The second-order valence-corrected chi connectivity index (χ2v) is 8.05. The van der Waals surface area contributed by atoms with E-state index in [1.54, 1.807) is 19.1 Å². The number of anilines is 4. The van der Waals surface area contributed by atoms with Crippen LogP contribution in [0.5, 0.6) is 5.75 Å². The molecule has 1 fully saturated rings. The van der Waals surface area contributed by atoms with E-state index in [-0.39, 0.29) is 11.6 Å². The first-order chi connectivity index (χ1) is 17.0. The van der Waals surface area contributed by atoms with E-state index in [4.69, 9.17) is 0 Å². The van der Waals surface area contributed by atoms with Gasteiger partial charge in [-0.05, 0) is 50.0 Å². The number of nitrogens with zero attached hydrogens (tertiary/aromatic N) is 6. The van der Waals surface area contributed by atoms with Gasteiger partial charge in [-0.1, -0.05) is 30.3 Å². The Bertz CT molecular complexity index is 1240.